The Morgan fingerprint density at radius 2 is 1.34 bits per heavy atom. The van der Waals surface area contributed by atoms with Gasteiger partial charge in [0, 0.05) is 31.1 Å². The summed E-state index contributed by atoms with van der Waals surface area (Å²) in [6, 6.07) is 0. The smallest absolute Gasteiger partial charge is 0.309 e. The summed E-state index contributed by atoms with van der Waals surface area (Å²) >= 11 is 0. The molecule has 0 bridgehead atoms. The Labute approximate surface area is 224 Å². The number of ether oxygens (including phenoxy) is 3. The Kier molecular flexibility index (Phi) is 7.33. The van der Waals surface area contributed by atoms with Crippen molar-refractivity contribution in [1.29, 1.82) is 0 Å². The maximum absolute atomic E-state index is 13.7. The Hall–Kier alpha value is -2.45. The molecule has 0 amide bonds. The average Bonchev–Trinajstić information content (AvgIpc) is 3.29. The summed E-state index contributed by atoms with van der Waals surface area (Å²) in [7, 11) is 0. The number of hydrogen-bond acceptors (Lipinski definition) is 8. The molecule has 5 aliphatic rings. The first-order valence-corrected chi connectivity index (χ1v) is 14.0. The van der Waals surface area contributed by atoms with Crippen LogP contribution < -0.4 is 0 Å². The number of ketones is 1. The van der Waals surface area contributed by atoms with Crippen molar-refractivity contribution < 1.29 is 38.8 Å². The van der Waals surface area contributed by atoms with Crippen molar-refractivity contribution in [3.8, 4) is 0 Å². The van der Waals surface area contributed by atoms with Crippen molar-refractivity contribution >= 4 is 17.7 Å². The number of Topliss-reactive ketones (excluding diaryl/α,β-unsaturated/α-hetero) is 1. The summed E-state index contributed by atoms with van der Waals surface area (Å²) in [4.78, 5) is 38.4. The van der Waals surface area contributed by atoms with Gasteiger partial charge in [-0.1, -0.05) is 25.0 Å². The molecule has 5 rings (SSSR count). The second kappa shape index (κ2) is 10.3. The Bertz CT molecular complexity index is 1100. The first-order chi connectivity index (χ1) is 18.0. The van der Waals surface area contributed by atoms with Gasteiger partial charge in [-0.05, 0) is 63.7 Å². The van der Waals surface area contributed by atoms with Crippen molar-refractivity contribution in [3.05, 3.63) is 34.6 Å². The number of esters is 2. The third-order valence-electron chi connectivity index (χ3n) is 9.49. The molecule has 8 nitrogen and oxygen atoms in total. The normalized spacial score (nSPS) is 42.2. The van der Waals surface area contributed by atoms with Crippen LogP contribution in [0.5, 0.6) is 0 Å². The van der Waals surface area contributed by atoms with Gasteiger partial charge < -0.3 is 24.4 Å². The second-order valence-corrected chi connectivity index (χ2v) is 12.2. The number of hydrogen-bond donors (Lipinski definition) is 2. The van der Waals surface area contributed by atoms with Gasteiger partial charge >= 0.3 is 11.9 Å². The topological polar surface area (TPSA) is 119 Å². The Morgan fingerprint density at radius 3 is 1.95 bits per heavy atom. The molecule has 2 aliphatic carbocycles. The number of rotatable bonds is 0. The summed E-state index contributed by atoms with van der Waals surface area (Å²) in [5.41, 5.74) is 1.75. The van der Waals surface area contributed by atoms with E-state index in [9.17, 15) is 24.6 Å². The van der Waals surface area contributed by atoms with Gasteiger partial charge in [-0.2, -0.15) is 0 Å². The predicted octanol–water partition coefficient (Wildman–Crippen LogP) is 3.70. The molecular formula is C30H40O8. The third-order valence-corrected chi connectivity index (χ3v) is 9.49. The molecule has 3 aliphatic heterocycles. The standard InChI is InChI=1S/C30H40O8/c1-15-5-7-22-19(13-20(31)26-17(3)28(34)36-23(26)11-15)9-10-30(38-22)14-21(32)27-18(4)29(35)37-24(27)12-16(2)6-8-25(30)33/h11-12,17-18,20-21,23-24,26-27,31-32H,5-10,13-14H2,1-4H3. The zero-order valence-corrected chi connectivity index (χ0v) is 22.8. The summed E-state index contributed by atoms with van der Waals surface area (Å²) in [5, 5.41) is 22.7. The average molecular weight is 529 g/mol. The van der Waals surface area contributed by atoms with Crippen molar-refractivity contribution in [2.24, 2.45) is 23.7 Å². The lowest BCUT2D eigenvalue weighted by Crippen LogP contribution is -2.49. The Morgan fingerprint density at radius 1 is 0.789 bits per heavy atom. The first-order valence-electron chi connectivity index (χ1n) is 14.0. The van der Waals surface area contributed by atoms with Crippen LogP contribution in [0.1, 0.15) is 79.1 Å². The fraction of sp³-hybridized carbons (Fsp3) is 0.700. The van der Waals surface area contributed by atoms with Gasteiger partial charge in [-0.3, -0.25) is 14.4 Å². The van der Waals surface area contributed by atoms with Crippen LogP contribution in [0.15, 0.2) is 34.6 Å². The van der Waals surface area contributed by atoms with E-state index in [1.165, 1.54) is 0 Å². The highest BCUT2D eigenvalue weighted by Gasteiger charge is 2.52. The van der Waals surface area contributed by atoms with Crippen molar-refractivity contribution in [3.63, 3.8) is 0 Å². The van der Waals surface area contributed by atoms with E-state index in [0.717, 1.165) is 16.7 Å². The van der Waals surface area contributed by atoms with E-state index in [1.807, 2.05) is 26.0 Å². The van der Waals surface area contributed by atoms with Crippen molar-refractivity contribution in [1.82, 2.24) is 0 Å². The molecule has 0 saturated carbocycles. The fourth-order valence-electron chi connectivity index (χ4n) is 7.11. The number of carbonyl (C=O) groups is 3. The molecule has 0 aromatic rings. The van der Waals surface area contributed by atoms with E-state index in [1.54, 1.807) is 13.8 Å². The minimum absolute atomic E-state index is 0.0411. The monoisotopic (exact) mass is 528 g/mol. The largest absolute Gasteiger partial charge is 0.484 e. The number of allylic oxidation sites excluding steroid dienone is 3. The summed E-state index contributed by atoms with van der Waals surface area (Å²) in [6.45, 7) is 7.47. The quantitative estimate of drug-likeness (QED) is 0.361. The minimum atomic E-state index is -1.19. The second-order valence-electron chi connectivity index (χ2n) is 12.2. The van der Waals surface area contributed by atoms with Crippen LogP contribution in [-0.2, 0) is 28.6 Å². The van der Waals surface area contributed by atoms with E-state index in [2.05, 4.69) is 0 Å². The van der Waals surface area contributed by atoms with E-state index in [0.29, 0.717) is 44.3 Å². The van der Waals surface area contributed by atoms with Crippen LogP contribution in [0.3, 0.4) is 0 Å². The zero-order chi connectivity index (χ0) is 27.4. The number of carbonyl (C=O) groups excluding carboxylic acids is 3. The highest BCUT2D eigenvalue weighted by Crippen LogP contribution is 2.46. The lowest BCUT2D eigenvalue weighted by molar-refractivity contribution is -0.149. The van der Waals surface area contributed by atoms with Crippen molar-refractivity contribution in [2.45, 2.75) is 109 Å². The van der Waals surface area contributed by atoms with E-state index in [4.69, 9.17) is 14.2 Å². The van der Waals surface area contributed by atoms with Gasteiger partial charge in [0.05, 0.1) is 29.8 Å². The van der Waals surface area contributed by atoms with Crippen LogP contribution in [0.4, 0.5) is 0 Å². The maximum Gasteiger partial charge on any atom is 0.309 e. The van der Waals surface area contributed by atoms with Gasteiger partial charge in [0.1, 0.15) is 12.2 Å². The SMILES string of the molecule is CC1=CC2OC(=O)C(C)C2C(O)CC2(CCC3=C(CCC(C)=CC4OC(=O)C(C)C4C(O)C3)O2)C(=O)CC1. The lowest BCUT2D eigenvalue weighted by Gasteiger charge is -2.42. The van der Waals surface area contributed by atoms with Gasteiger partial charge in [-0.25, -0.2) is 0 Å². The molecule has 8 heteroatoms. The summed E-state index contributed by atoms with van der Waals surface area (Å²) < 4.78 is 17.8. The van der Waals surface area contributed by atoms with Gasteiger partial charge in [-0.15, -0.1) is 0 Å². The van der Waals surface area contributed by atoms with E-state index >= 15 is 0 Å². The molecule has 3 heterocycles. The minimum Gasteiger partial charge on any atom is -0.484 e. The number of fused-ring (bicyclic) bond motifs is 2. The molecule has 2 saturated heterocycles. The van der Waals surface area contributed by atoms with E-state index in [-0.39, 0.29) is 36.5 Å². The molecule has 1 spiro atoms. The van der Waals surface area contributed by atoms with Crippen LogP contribution in [0.2, 0.25) is 0 Å². The zero-order valence-electron chi connectivity index (χ0n) is 22.8. The molecule has 2 fully saturated rings. The Balaban J connectivity index is 1.46. The maximum atomic E-state index is 13.7. The van der Waals surface area contributed by atoms with Crippen LogP contribution >= 0.6 is 0 Å². The molecule has 208 valence electrons. The van der Waals surface area contributed by atoms with Gasteiger partial charge in [0.2, 0.25) is 0 Å². The molecule has 38 heavy (non-hydrogen) atoms. The molecule has 0 radical (unpaired) electrons. The number of aliphatic hydroxyl groups is 2. The summed E-state index contributed by atoms with van der Waals surface area (Å²) in [5.74, 6) is -1.64. The molecule has 9 unspecified atom stereocenters. The third kappa shape index (κ3) is 4.86. The molecular weight excluding hydrogens is 488 g/mol. The fourth-order valence-corrected chi connectivity index (χ4v) is 7.11. The molecule has 2 N–H and O–H groups in total. The van der Waals surface area contributed by atoms with Crippen LogP contribution in [0.25, 0.3) is 0 Å². The van der Waals surface area contributed by atoms with Crippen molar-refractivity contribution in [2.75, 3.05) is 0 Å². The van der Waals surface area contributed by atoms with Gasteiger partial charge in [0.25, 0.3) is 0 Å². The summed E-state index contributed by atoms with van der Waals surface area (Å²) in [6.07, 6.45) is 4.56. The van der Waals surface area contributed by atoms with Crippen LogP contribution in [0, 0.1) is 23.7 Å². The highest BCUT2D eigenvalue weighted by molar-refractivity contribution is 5.88. The predicted molar refractivity (Wildman–Crippen MR) is 137 cm³/mol. The first kappa shape index (κ1) is 27.1. The van der Waals surface area contributed by atoms with Crippen LogP contribution in [-0.4, -0.2) is 58.0 Å². The number of aliphatic hydroxyl groups excluding tert-OH is 2. The van der Waals surface area contributed by atoms with Gasteiger partial charge in [0.15, 0.2) is 11.4 Å². The molecule has 9 atom stereocenters. The molecule has 0 aromatic carbocycles. The lowest BCUT2D eigenvalue weighted by atomic mass is 9.73. The highest BCUT2D eigenvalue weighted by atomic mass is 16.6. The molecule has 0 aromatic heterocycles. The van der Waals surface area contributed by atoms with E-state index < -0.39 is 47.8 Å².